The topological polar surface area (TPSA) is 94.8 Å². The second-order valence-electron chi connectivity index (χ2n) is 9.35. The van der Waals surface area contributed by atoms with Crippen LogP contribution in [-0.4, -0.2) is 48.0 Å². The van der Waals surface area contributed by atoms with Crippen LogP contribution in [0.3, 0.4) is 0 Å². The molecule has 0 spiro atoms. The Morgan fingerprint density at radius 2 is 1.74 bits per heavy atom. The van der Waals surface area contributed by atoms with Crippen molar-refractivity contribution in [3.05, 3.63) is 77.1 Å². The lowest BCUT2D eigenvalue weighted by Crippen LogP contribution is -2.40. The van der Waals surface area contributed by atoms with Gasteiger partial charge >= 0.3 is 0 Å². The van der Waals surface area contributed by atoms with Gasteiger partial charge in [-0.2, -0.15) is 0 Å². The zero-order valence-corrected chi connectivity index (χ0v) is 19.6. The molecule has 180 valence electrons. The molecule has 1 fully saturated rings. The molecule has 1 aromatic heterocycles. The highest BCUT2D eigenvalue weighted by Gasteiger charge is 2.43. The minimum absolute atomic E-state index is 0.0369. The maximum absolute atomic E-state index is 14.7. The number of ether oxygens (including phenoxy) is 2. The van der Waals surface area contributed by atoms with E-state index in [4.69, 9.17) is 15.2 Å². The largest absolute Gasteiger partial charge is 0.435 e. The Labute approximate surface area is 202 Å². The molecule has 2 aliphatic heterocycles. The molecule has 3 heterocycles. The summed E-state index contributed by atoms with van der Waals surface area (Å²) in [7, 11) is 0. The van der Waals surface area contributed by atoms with E-state index in [0.717, 1.165) is 5.56 Å². The Hall–Kier alpha value is -3.78. The summed E-state index contributed by atoms with van der Waals surface area (Å²) in [6.07, 6.45) is 0. The first-order valence-electron chi connectivity index (χ1n) is 11.5. The van der Waals surface area contributed by atoms with Crippen LogP contribution < -0.4 is 10.5 Å². The van der Waals surface area contributed by atoms with E-state index in [9.17, 15) is 14.0 Å². The van der Waals surface area contributed by atoms with Crippen LogP contribution in [0.1, 0.15) is 41.3 Å². The number of fused-ring (bicyclic) bond motifs is 2. The molecule has 35 heavy (non-hydrogen) atoms. The third kappa shape index (κ3) is 4.04. The monoisotopic (exact) mass is 475 g/mol. The van der Waals surface area contributed by atoms with Crippen molar-refractivity contribution in [3.8, 4) is 22.9 Å². The molecule has 2 aliphatic rings. The second-order valence-corrected chi connectivity index (χ2v) is 9.35. The number of halogens is 1. The van der Waals surface area contributed by atoms with E-state index >= 15 is 0 Å². The van der Waals surface area contributed by atoms with Gasteiger partial charge in [-0.15, -0.1) is 0 Å². The average Bonchev–Trinajstić information content (AvgIpc) is 2.87. The zero-order chi connectivity index (χ0) is 24.7. The van der Waals surface area contributed by atoms with E-state index in [2.05, 4.69) is 4.98 Å². The number of amides is 2. The van der Waals surface area contributed by atoms with Crippen LogP contribution in [0.2, 0.25) is 0 Å². The van der Waals surface area contributed by atoms with E-state index in [1.807, 2.05) is 24.3 Å². The Bertz CT molecular complexity index is 1300. The van der Waals surface area contributed by atoms with Crippen molar-refractivity contribution in [1.82, 2.24) is 9.88 Å². The van der Waals surface area contributed by atoms with Crippen LogP contribution in [0.25, 0.3) is 11.3 Å². The first-order valence-corrected chi connectivity index (χ1v) is 11.5. The fraction of sp³-hybridized carbons (Fsp3) is 0.296. The molecule has 7 nitrogen and oxygen atoms in total. The van der Waals surface area contributed by atoms with Gasteiger partial charge < -0.3 is 20.1 Å². The number of para-hydroxylation sites is 1. The summed E-state index contributed by atoms with van der Waals surface area (Å²) >= 11 is 0. The summed E-state index contributed by atoms with van der Waals surface area (Å²) in [4.78, 5) is 31.5. The molecule has 5 rings (SSSR count). The molecule has 0 saturated carbocycles. The minimum atomic E-state index is -1.01. The van der Waals surface area contributed by atoms with Crippen LogP contribution in [0.5, 0.6) is 11.6 Å². The van der Waals surface area contributed by atoms with Crippen molar-refractivity contribution in [1.29, 1.82) is 0 Å². The number of aromatic nitrogens is 1. The van der Waals surface area contributed by atoms with Gasteiger partial charge in [-0.05, 0) is 24.3 Å². The number of pyridine rings is 1. The van der Waals surface area contributed by atoms with Crippen LogP contribution >= 0.6 is 0 Å². The van der Waals surface area contributed by atoms with E-state index in [0.29, 0.717) is 48.7 Å². The molecule has 2 aromatic carbocycles. The summed E-state index contributed by atoms with van der Waals surface area (Å²) in [5.74, 6) is -1.32. The normalized spacial score (nSPS) is 17.2. The molecule has 2 amide bonds. The number of hydrogen-bond acceptors (Lipinski definition) is 5. The van der Waals surface area contributed by atoms with Crippen LogP contribution in [0.4, 0.5) is 4.39 Å². The lowest BCUT2D eigenvalue weighted by atomic mass is 9.70. The summed E-state index contributed by atoms with van der Waals surface area (Å²) in [6.45, 7) is 5.71. The van der Waals surface area contributed by atoms with Crippen molar-refractivity contribution in [3.63, 3.8) is 0 Å². The summed E-state index contributed by atoms with van der Waals surface area (Å²) < 4.78 is 25.9. The van der Waals surface area contributed by atoms with Gasteiger partial charge in [-0.1, -0.05) is 44.2 Å². The lowest BCUT2D eigenvalue weighted by molar-refractivity contribution is -0.126. The Kier molecular flexibility index (Phi) is 5.76. The number of carbonyl (C=O) groups excluding carboxylic acids is 2. The Morgan fingerprint density at radius 3 is 2.43 bits per heavy atom. The maximum Gasteiger partial charge on any atom is 0.254 e. The molecule has 0 radical (unpaired) electrons. The van der Waals surface area contributed by atoms with Gasteiger partial charge in [0.1, 0.15) is 0 Å². The highest BCUT2D eigenvalue weighted by atomic mass is 19.1. The van der Waals surface area contributed by atoms with Gasteiger partial charge in [0.15, 0.2) is 11.6 Å². The van der Waals surface area contributed by atoms with Gasteiger partial charge in [0.05, 0.1) is 24.3 Å². The van der Waals surface area contributed by atoms with Gasteiger partial charge in [-0.3, -0.25) is 9.59 Å². The fourth-order valence-electron chi connectivity index (χ4n) is 4.69. The number of benzene rings is 2. The molecule has 1 atom stereocenters. The van der Waals surface area contributed by atoms with Crippen LogP contribution in [0.15, 0.2) is 54.6 Å². The molecule has 1 saturated heterocycles. The van der Waals surface area contributed by atoms with Crippen molar-refractivity contribution in [2.75, 3.05) is 26.3 Å². The van der Waals surface area contributed by atoms with Gasteiger partial charge in [0, 0.05) is 41.3 Å². The van der Waals surface area contributed by atoms with Gasteiger partial charge in [0.25, 0.3) is 5.91 Å². The number of nitrogens with zero attached hydrogens (tertiary/aromatic N) is 2. The molecule has 2 N–H and O–H groups in total. The number of nitrogens with two attached hydrogens (primary N) is 1. The van der Waals surface area contributed by atoms with Gasteiger partial charge in [-0.25, -0.2) is 9.37 Å². The third-order valence-electron chi connectivity index (χ3n) is 6.79. The number of hydrogen-bond donors (Lipinski definition) is 1. The van der Waals surface area contributed by atoms with Crippen molar-refractivity contribution >= 4 is 11.8 Å². The smallest absolute Gasteiger partial charge is 0.254 e. The highest BCUT2D eigenvalue weighted by Crippen LogP contribution is 2.52. The van der Waals surface area contributed by atoms with Crippen LogP contribution in [0, 0.1) is 11.2 Å². The highest BCUT2D eigenvalue weighted by molar-refractivity contribution is 5.94. The quantitative estimate of drug-likeness (QED) is 0.613. The summed E-state index contributed by atoms with van der Waals surface area (Å²) in [5, 5.41) is 0. The van der Waals surface area contributed by atoms with E-state index < -0.39 is 23.1 Å². The van der Waals surface area contributed by atoms with Crippen LogP contribution in [-0.2, 0) is 9.53 Å². The van der Waals surface area contributed by atoms with E-state index in [1.54, 1.807) is 43.0 Å². The van der Waals surface area contributed by atoms with Crippen molar-refractivity contribution in [2.24, 2.45) is 11.1 Å². The number of rotatable bonds is 4. The third-order valence-corrected chi connectivity index (χ3v) is 6.79. The molecule has 0 bridgehead atoms. The Morgan fingerprint density at radius 1 is 1.03 bits per heavy atom. The molecule has 3 aromatic rings. The predicted octanol–water partition coefficient (Wildman–Crippen LogP) is 4.11. The summed E-state index contributed by atoms with van der Waals surface area (Å²) in [6, 6.07) is 15.5. The molecular formula is C27H26FN3O4. The number of carbonyl (C=O) groups is 2. The standard InChI is InChI=1S/C27H26FN3O4/c1-27(2,26(29)33)22-18-4-3-5-20(28)23(18)35-24-19(22)10-11-21(30-24)16-6-8-17(9-7-16)25(32)31-12-14-34-15-13-31/h3-11,22H,12-15H2,1-2H3,(H2,29,33). The van der Waals surface area contributed by atoms with E-state index in [1.165, 1.54) is 6.07 Å². The Balaban J connectivity index is 1.50. The SMILES string of the molecule is CC(C)(C(N)=O)C1c2ccc(-c3ccc(C(=O)N4CCOCC4)cc3)nc2Oc2c(F)cccc21. The average molecular weight is 476 g/mol. The van der Waals surface area contributed by atoms with Crippen molar-refractivity contribution in [2.45, 2.75) is 19.8 Å². The molecule has 1 unspecified atom stereocenters. The molecule has 8 heteroatoms. The second kappa shape index (κ2) is 8.78. The zero-order valence-electron chi connectivity index (χ0n) is 19.6. The minimum Gasteiger partial charge on any atom is -0.435 e. The molecule has 0 aliphatic carbocycles. The van der Waals surface area contributed by atoms with Gasteiger partial charge in [0.2, 0.25) is 11.8 Å². The first kappa shape index (κ1) is 23.0. The van der Waals surface area contributed by atoms with Crippen molar-refractivity contribution < 1.29 is 23.5 Å². The number of primary amides is 1. The predicted molar refractivity (Wildman–Crippen MR) is 128 cm³/mol. The molecular weight excluding hydrogens is 449 g/mol. The van der Waals surface area contributed by atoms with E-state index in [-0.39, 0.29) is 17.5 Å². The fourth-order valence-corrected chi connectivity index (χ4v) is 4.69. The number of morpholine rings is 1. The lowest BCUT2D eigenvalue weighted by Gasteiger charge is -2.36. The first-order chi connectivity index (χ1) is 16.8. The summed E-state index contributed by atoms with van der Waals surface area (Å²) in [5.41, 5.74) is 7.91. The maximum atomic E-state index is 14.7.